The van der Waals surface area contributed by atoms with Crippen molar-refractivity contribution < 1.29 is 24.3 Å². The molecule has 0 saturated carbocycles. The van der Waals surface area contributed by atoms with Crippen LogP contribution in [0, 0.1) is 10.1 Å². The van der Waals surface area contributed by atoms with E-state index in [1.807, 2.05) is 0 Å². The van der Waals surface area contributed by atoms with E-state index in [0.29, 0.717) is 21.8 Å². The van der Waals surface area contributed by atoms with Gasteiger partial charge in [-0.3, -0.25) is 19.5 Å². The molecule has 0 unspecified atom stereocenters. The van der Waals surface area contributed by atoms with Gasteiger partial charge < -0.3 is 14.6 Å². The molecule has 180 valence electrons. The Balaban J connectivity index is 2.00. The average Bonchev–Trinajstić information content (AvgIpc) is 3.13. The van der Waals surface area contributed by atoms with Gasteiger partial charge in [0.25, 0.3) is 11.2 Å². The topological polar surface area (TPSA) is 136 Å². The van der Waals surface area contributed by atoms with Gasteiger partial charge in [-0.2, -0.15) is 0 Å². The summed E-state index contributed by atoms with van der Waals surface area (Å²) in [6.07, 6.45) is 1.31. The fraction of sp³-hybridized carbons (Fsp3) is 0.208. The van der Waals surface area contributed by atoms with Crippen LogP contribution in [-0.4, -0.2) is 29.2 Å². The highest BCUT2D eigenvalue weighted by Gasteiger charge is 2.34. The molecule has 2 aromatic carbocycles. The molecule has 1 aliphatic rings. The van der Waals surface area contributed by atoms with Crippen LogP contribution in [-0.2, 0) is 9.53 Å². The zero-order valence-electron chi connectivity index (χ0n) is 19.0. The molecule has 2 heterocycles. The Morgan fingerprint density at radius 1 is 1.26 bits per heavy atom. The van der Waals surface area contributed by atoms with Crippen molar-refractivity contribution in [3.8, 4) is 11.5 Å². The molecule has 0 spiro atoms. The van der Waals surface area contributed by atoms with Gasteiger partial charge in [-0.1, -0.05) is 41.7 Å². The lowest BCUT2D eigenvalue weighted by atomic mass is 9.95. The Bertz CT molecular complexity index is 1550. The molecule has 0 N–H and O–H groups in total. The van der Waals surface area contributed by atoms with Crippen molar-refractivity contribution in [3.63, 3.8) is 0 Å². The van der Waals surface area contributed by atoms with E-state index >= 15 is 0 Å². The van der Waals surface area contributed by atoms with Gasteiger partial charge in [-0.05, 0) is 37.3 Å². The number of aromatic nitrogens is 1. The lowest BCUT2D eigenvalue weighted by Crippen LogP contribution is -2.40. The van der Waals surface area contributed by atoms with Gasteiger partial charge in [-0.15, -0.1) is 0 Å². The molecule has 1 aromatic heterocycles. The molecule has 0 aliphatic carbocycles. The summed E-state index contributed by atoms with van der Waals surface area (Å²) in [5, 5.41) is 23.7. The largest absolute Gasteiger partial charge is 0.867 e. The maximum Gasteiger partial charge on any atom is 0.338 e. The van der Waals surface area contributed by atoms with Crippen LogP contribution in [0.5, 0.6) is 11.5 Å². The number of esters is 1. The number of thiazole rings is 1. The summed E-state index contributed by atoms with van der Waals surface area (Å²) in [6.45, 7) is 3.47. The van der Waals surface area contributed by atoms with Crippen molar-refractivity contribution in [2.75, 3.05) is 13.7 Å². The quantitative estimate of drug-likeness (QED) is 0.289. The highest BCUT2D eigenvalue weighted by molar-refractivity contribution is 7.07. The summed E-state index contributed by atoms with van der Waals surface area (Å²) in [5.41, 5.74) is 0.0328. The number of nitro benzene ring substituents is 1. The molecule has 11 heteroatoms. The molecule has 0 bridgehead atoms. The van der Waals surface area contributed by atoms with Crippen LogP contribution >= 0.6 is 11.3 Å². The average molecular weight is 495 g/mol. The fourth-order valence-corrected chi connectivity index (χ4v) is 4.96. The zero-order valence-corrected chi connectivity index (χ0v) is 19.8. The molecular formula is C24H20N3O7S-. The van der Waals surface area contributed by atoms with E-state index in [1.165, 1.54) is 29.9 Å². The van der Waals surface area contributed by atoms with Gasteiger partial charge in [0.05, 0.1) is 34.4 Å². The van der Waals surface area contributed by atoms with Crippen LogP contribution in [0.4, 0.5) is 5.69 Å². The van der Waals surface area contributed by atoms with Crippen molar-refractivity contribution >= 4 is 29.1 Å². The minimum atomic E-state index is -0.888. The first-order valence-corrected chi connectivity index (χ1v) is 11.4. The van der Waals surface area contributed by atoms with Gasteiger partial charge >= 0.3 is 5.97 Å². The number of para-hydroxylation sites is 2. The van der Waals surface area contributed by atoms with Gasteiger partial charge in [0.1, 0.15) is 11.8 Å². The van der Waals surface area contributed by atoms with Crippen LogP contribution in [0.25, 0.3) is 6.08 Å². The third-order valence-electron chi connectivity index (χ3n) is 5.46. The third kappa shape index (κ3) is 4.21. The van der Waals surface area contributed by atoms with Crippen LogP contribution < -0.4 is 24.7 Å². The number of methoxy groups -OCH3 is 1. The maximum atomic E-state index is 13.6. The monoisotopic (exact) mass is 494 g/mol. The normalized spacial score (nSPS) is 15.4. The van der Waals surface area contributed by atoms with Crippen molar-refractivity contribution in [3.05, 3.63) is 94.7 Å². The molecular weight excluding hydrogens is 474 g/mol. The number of fused-ring (bicyclic) bond motifs is 1. The lowest BCUT2D eigenvalue weighted by molar-refractivity contribution is -0.398. The van der Waals surface area contributed by atoms with Crippen LogP contribution in [0.1, 0.15) is 31.0 Å². The van der Waals surface area contributed by atoms with Crippen LogP contribution in [0.2, 0.25) is 0 Å². The summed E-state index contributed by atoms with van der Waals surface area (Å²) in [4.78, 5) is 41.7. The van der Waals surface area contributed by atoms with Crippen molar-refractivity contribution in [2.24, 2.45) is 4.99 Å². The smallest absolute Gasteiger partial charge is 0.338 e. The summed E-state index contributed by atoms with van der Waals surface area (Å²) < 4.78 is 12.3. The Hall–Kier alpha value is -4.25. The molecule has 0 fully saturated rings. The molecule has 4 rings (SSSR count). The predicted octanol–water partition coefficient (Wildman–Crippen LogP) is 1.79. The summed E-state index contributed by atoms with van der Waals surface area (Å²) in [7, 11) is 1.49. The third-order valence-corrected chi connectivity index (χ3v) is 6.44. The van der Waals surface area contributed by atoms with Crippen molar-refractivity contribution in [2.45, 2.75) is 19.9 Å². The number of hydrogen-bond acceptors (Lipinski definition) is 9. The molecule has 35 heavy (non-hydrogen) atoms. The molecule has 10 nitrogen and oxygen atoms in total. The highest BCUT2D eigenvalue weighted by atomic mass is 32.1. The fourth-order valence-electron chi connectivity index (χ4n) is 3.92. The second-order valence-electron chi connectivity index (χ2n) is 7.50. The Kier molecular flexibility index (Phi) is 6.52. The summed E-state index contributed by atoms with van der Waals surface area (Å²) in [6, 6.07) is 10.00. The highest BCUT2D eigenvalue weighted by Crippen LogP contribution is 2.35. The van der Waals surface area contributed by atoms with Crippen molar-refractivity contribution in [1.82, 2.24) is 4.57 Å². The zero-order chi connectivity index (χ0) is 25.3. The number of benzene rings is 2. The lowest BCUT2D eigenvalue weighted by Gasteiger charge is -2.25. The molecule has 0 radical (unpaired) electrons. The number of allylic oxidation sites excluding steroid dienone is 1. The Morgan fingerprint density at radius 2 is 2.00 bits per heavy atom. The molecule has 0 amide bonds. The van der Waals surface area contributed by atoms with E-state index < -0.39 is 33.9 Å². The van der Waals surface area contributed by atoms with Gasteiger partial charge in [0.2, 0.25) is 0 Å². The predicted molar refractivity (Wildman–Crippen MR) is 126 cm³/mol. The number of hydrogen-bond donors (Lipinski definition) is 0. The number of nitro groups is 1. The van der Waals surface area contributed by atoms with Crippen LogP contribution in [0.15, 0.2) is 63.5 Å². The first-order valence-electron chi connectivity index (χ1n) is 10.6. The minimum Gasteiger partial charge on any atom is -0.867 e. The van der Waals surface area contributed by atoms with Crippen LogP contribution in [0.3, 0.4) is 0 Å². The second kappa shape index (κ2) is 9.55. The first kappa shape index (κ1) is 23.9. The Labute approximate surface area is 202 Å². The SMILES string of the molecule is CCOC(=O)C1=C(C)N=c2s/c(=C/c3cccc([N+](=O)[O-])c3[O-])c(=O)n2[C@H]1c1ccccc1OC. The maximum absolute atomic E-state index is 13.6. The van der Waals surface area contributed by atoms with E-state index in [-0.39, 0.29) is 22.3 Å². The number of carbonyl (C=O) groups is 1. The van der Waals surface area contributed by atoms with E-state index in [9.17, 15) is 24.8 Å². The van der Waals surface area contributed by atoms with E-state index in [1.54, 1.807) is 38.1 Å². The molecule has 1 atom stereocenters. The van der Waals surface area contributed by atoms with Gasteiger partial charge in [0, 0.05) is 11.6 Å². The summed E-state index contributed by atoms with van der Waals surface area (Å²) >= 11 is 1.01. The Morgan fingerprint density at radius 3 is 2.69 bits per heavy atom. The molecule has 3 aromatic rings. The van der Waals surface area contributed by atoms with E-state index in [4.69, 9.17) is 9.47 Å². The number of rotatable bonds is 6. The molecule has 0 saturated heterocycles. The van der Waals surface area contributed by atoms with Crippen molar-refractivity contribution in [1.29, 1.82) is 0 Å². The van der Waals surface area contributed by atoms with E-state index in [2.05, 4.69) is 4.99 Å². The number of ether oxygens (including phenoxy) is 2. The minimum absolute atomic E-state index is 0.000337. The van der Waals surface area contributed by atoms with Gasteiger partial charge in [-0.25, -0.2) is 9.79 Å². The van der Waals surface area contributed by atoms with E-state index in [0.717, 1.165) is 17.4 Å². The number of carbonyl (C=O) groups excluding carboxylic acids is 1. The molecule has 1 aliphatic heterocycles. The number of nitrogens with zero attached hydrogens (tertiary/aromatic N) is 3. The standard InChI is InChI=1S/C24H21N3O7S/c1-4-34-23(30)19-13(2)25-24-26(20(19)15-9-5-6-11-17(15)33-3)22(29)18(35-24)12-14-8-7-10-16(21(14)28)27(31)32/h5-12,20,28H,4H2,1-3H3/p-1/b18-12+/t20-/m0/s1. The van der Waals surface area contributed by atoms with Gasteiger partial charge in [0.15, 0.2) is 4.80 Å². The first-order chi connectivity index (χ1) is 16.8. The summed E-state index contributed by atoms with van der Waals surface area (Å²) in [5.74, 6) is -0.948. The second-order valence-corrected chi connectivity index (χ2v) is 8.51.